The lowest BCUT2D eigenvalue weighted by atomic mass is 10.1. The Labute approximate surface area is 140 Å². The highest BCUT2D eigenvalue weighted by atomic mass is 16.2. The summed E-state index contributed by atoms with van der Waals surface area (Å²) in [6.45, 7) is 4.36. The van der Waals surface area contributed by atoms with E-state index in [2.05, 4.69) is 4.98 Å². The van der Waals surface area contributed by atoms with E-state index >= 15 is 0 Å². The summed E-state index contributed by atoms with van der Waals surface area (Å²) >= 11 is 0. The van der Waals surface area contributed by atoms with Crippen LogP contribution in [0.15, 0.2) is 65.5 Å². The fraction of sp³-hybridized carbons (Fsp3) is 0.200. The van der Waals surface area contributed by atoms with Gasteiger partial charge < -0.3 is 9.88 Å². The van der Waals surface area contributed by atoms with Crippen LogP contribution in [0.2, 0.25) is 0 Å². The Morgan fingerprint density at radius 2 is 1.71 bits per heavy atom. The van der Waals surface area contributed by atoms with E-state index in [4.69, 9.17) is 0 Å². The predicted octanol–water partition coefficient (Wildman–Crippen LogP) is 3.58. The minimum atomic E-state index is -0.153. The second-order valence-electron chi connectivity index (χ2n) is 6.10. The van der Waals surface area contributed by atoms with Crippen LogP contribution in [0.3, 0.4) is 0 Å². The summed E-state index contributed by atoms with van der Waals surface area (Å²) in [4.78, 5) is 29.4. The molecule has 1 N–H and O–H groups in total. The van der Waals surface area contributed by atoms with Gasteiger partial charge in [0.05, 0.1) is 0 Å². The van der Waals surface area contributed by atoms with Gasteiger partial charge in [0.15, 0.2) is 0 Å². The second-order valence-corrected chi connectivity index (χ2v) is 6.10. The Morgan fingerprint density at radius 1 is 1.04 bits per heavy atom. The zero-order valence-corrected chi connectivity index (χ0v) is 13.8. The van der Waals surface area contributed by atoms with Crippen molar-refractivity contribution in [3.63, 3.8) is 0 Å². The molecule has 1 aromatic heterocycles. The number of amides is 1. The van der Waals surface area contributed by atoms with Crippen molar-refractivity contribution in [1.82, 2.24) is 9.88 Å². The molecule has 0 aliphatic heterocycles. The van der Waals surface area contributed by atoms with Gasteiger partial charge in [-0.2, -0.15) is 0 Å². The van der Waals surface area contributed by atoms with Crippen molar-refractivity contribution in [2.45, 2.75) is 26.4 Å². The first kappa shape index (κ1) is 16.0. The summed E-state index contributed by atoms with van der Waals surface area (Å²) in [6.07, 6.45) is 0. The first-order chi connectivity index (χ1) is 11.6. The highest BCUT2D eigenvalue weighted by Crippen LogP contribution is 2.19. The van der Waals surface area contributed by atoms with E-state index in [1.165, 1.54) is 0 Å². The lowest BCUT2D eigenvalue weighted by Gasteiger charge is -2.27. The van der Waals surface area contributed by atoms with E-state index in [1.807, 2.05) is 68.4 Å². The van der Waals surface area contributed by atoms with Gasteiger partial charge in [-0.1, -0.05) is 36.4 Å². The molecular formula is C20H20N2O2. The number of H-pyrrole nitrogens is 1. The fourth-order valence-corrected chi connectivity index (χ4v) is 2.83. The monoisotopic (exact) mass is 320 g/mol. The third kappa shape index (κ3) is 3.23. The molecule has 3 aromatic rings. The molecule has 0 aliphatic rings. The Bertz CT molecular complexity index is 914. The summed E-state index contributed by atoms with van der Waals surface area (Å²) in [6, 6.07) is 18.5. The number of benzene rings is 2. The van der Waals surface area contributed by atoms with Crippen molar-refractivity contribution in [2.24, 2.45) is 0 Å². The molecular weight excluding hydrogens is 300 g/mol. The van der Waals surface area contributed by atoms with Gasteiger partial charge in [0, 0.05) is 35.1 Å². The van der Waals surface area contributed by atoms with Crippen molar-refractivity contribution in [3.05, 3.63) is 82.1 Å². The molecule has 0 fully saturated rings. The Morgan fingerprint density at radius 3 is 2.42 bits per heavy atom. The van der Waals surface area contributed by atoms with Gasteiger partial charge in [-0.15, -0.1) is 0 Å². The van der Waals surface area contributed by atoms with Gasteiger partial charge in [0.1, 0.15) is 0 Å². The van der Waals surface area contributed by atoms with Gasteiger partial charge in [-0.05, 0) is 37.6 Å². The molecule has 1 amide bonds. The third-order valence-corrected chi connectivity index (χ3v) is 4.08. The van der Waals surface area contributed by atoms with E-state index in [-0.39, 0.29) is 17.5 Å². The number of carbonyl (C=O) groups excluding carboxylic acids is 1. The molecule has 4 nitrogen and oxygen atoms in total. The smallest absolute Gasteiger partial charge is 0.254 e. The normalized spacial score (nSPS) is 11.0. The molecule has 3 rings (SSSR count). The Hall–Kier alpha value is -2.88. The van der Waals surface area contributed by atoms with E-state index in [0.29, 0.717) is 12.1 Å². The highest BCUT2D eigenvalue weighted by molar-refractivity contribution is 5.94. The fourth-order valence-electron chi connectivity index (χ4n) is 2.83. The lowest BCUT2D eigenvalue weighted by Crippen LogP contribution is -2.36. The number of hydrogen-bond acceptors (Lipinski definition) is 2. The standard InChI is InChI=1S/C20H20N2O2/c1-14(2)22(20(24)15-8-4-3-5-9-15)13-16-12-19(23)21-18-11-7-6-10-17(16)18/h3-12,14H,13H2,1-2H3,(H,21,23). The van der Waals surface area contributed by atoms with Gasteiger partial charge in [-0.3, -0.25) is 9.59 Å². The molecule has 0 spiro atoms. The van der Waals surface area contributed by atoms with E-state index < -0.39 is 0 Å². The van der Waals surface area contributed by atoms with Crippen molar-refractivity contribution in [1.29, 1.82) is 0 Å². The number of aromatic nitrogens is 1. The molecule has 122 valence electrons. The summed E-state index contributed by atoms with van der Waals surface area (Å²) in [7, 11) is 0. The largest absolute Gasteiger partial charge is 0.332 e. The molecule has 0 atom stereocenters. The summed E-state index contributed by atoms with van der Waals surface area (Å²) in [5.74, 6) is -0.0324. The quantitative estimate of drug-likeness (QED) is 0.799. The number of fused-ring (bicyclic) bond motifs is 1. The van der Waals surface area contributed by atoms with Gasteiger partial charge in [-0.25, -0.2) is 0 Å². The van der Waals surface area contributed by atoms with Crippen LogP contribution in [0, 0.1) is 0 Å². The van der Waals surface area contributed by atoms with Crippen LogP contribution in [-0.2, 0) is 6.54 Å². The molecule has 24 heavy (non-hydrogen) atoms. The Kier molecular flexibility index (Phi) is 4.47. The molecule has 0 aliphatic carbocycles. The van der Waals surface area contributed by atoms with E-state index in [9.17, 15) is 9.59 Å². The average Bonchev–Trinajstić information content (AvgIpc) is 2.59. The maximum Gasteiger partial charge on any atom is 0.254 e. The number of nitrogens with zero attached hydrogens (tertiary/aromatic N) is 1. The topological polar surface area (TPSA) is 53.2 Å². The average molecular weight is 320 g/mol. The first-order valence-corrected chi connectivity index (χ1v) is 8.03. The Balaban J connectivity index is 2.01. The highest BCUT2D eigenvalue weighted by Gasteiger charge is 2.20. The van der Waals surface area contributed by atoms with Crippen molar-refractivity contribution < 1.29 is 4.79 Å². The molecule has 0 radical (unpaired) electrons. The molecule has 1 heterocycles. The minimum absolute atomic E-state index is 0.0238. The summed E-state index contributed by atoms with van der Waals surface area (Å²) in [5, 5.41) is 0.962. The van der Waals surface area contributed by atoms with Gasteiger partial charge >= 0.3 is 0 Å². The second kappa shape index (κ2) is 6.71. The van der Waals surface area contributed by atoms with Gasteiger partial charge in [0.2, 0.25) is 5.56 Å². The number of para-hydroxylation sites is 1. The van der Waals surface area contributed by atoms with Gasteiger partial charge in [0.25, 0.3) is 5.91 Å². The molecule has 0 saturated heterocycles. The number of pyridine rings is 1. The van der Waals surface area contributed by atoms with E-state index in [1.54, 1.807) is 11.0 Å². The number of hydrogen-bond donors (Lipinski definition) is 1. The summed E-state index contributed by atoms with van der Waals surface area (Å²) in [5.41, 5.74) is 2.14. The van der Waals surface area contributed by atoms with E-state index in [0.717, 1.165) is 16.5 Å². The van der Waals surface area contributed by atoms with Crippen LogP contribution in [0.25, 0.3) is 10.9 Å². The van der Waals surface area contributed by atoms with Crippen LogP contribution in [0.4, 0.5) is 0 Å². The number of carbonyl (C=O) groups is 1. The zero-order chi connectivity index (χ0) is 17.1. The van der Waals surface area contributed by atoms with Crippen LogP contribution < -0.4 is 5.56 Å². The maximum absolute atomic E-state index is 12.9. The lowest BCUT2D eigenvalue weighted by molar-refractivity contribution is 0.0691. The zero-order valence-electron chi connectivity index (χ0n) is 13.8. The van der Waals surface area contributed by atoms with Crippen molar-refractivity contribution >= 4 is 16.8 Å². The van der Waals surface area contributed by atoms with Crippen LogP contribution in [-0.4, -0.2) is 21.8 Å². The SMILES string of the molecule is CC(C)N(Cc1cc(=O)[nH]c2ccccc12)C(=O)c1ccccc1. The summed E-state index contributed by atoms with van der Waals surface area (Å²) < 4.78 is 0. The van der Waals surface area contributed by atoms with Crippen molar-refractivity contribution in [3.8, 4) is 0 Å². The maximum atomic E-state index is 12.9. The number of rotatable bonds is 4. The minimum Gasteiger partial charge on any atom is -0.332 e. The van der Waals surface area contributed by atoms with Crippen LogP contribution in [0.5, 0.6) is 0 Å². The number of nitrogens with one attached hydrogen (secondary N) is 1. The molecule has 0 unspecified atom stereocenters. The molecule has 4 heteroatoms. The molecule has 2 aromatic carbocycles. The van der Waals surface area contributed by atoms with Crippen LogP contribution in [0.1, 0.15) is 29.8 Å². The van der Waals surface area contributed by atoms with Crippen LogP contribution >= 0.6 is 0 Å². The predicted molar refractivity (Wildman–Crippen MR) is 96.0 cm³/mol. The first-order valence-electron chi connectivity index (χ1n) is 8.03. The molecule has 0 bridgehead atoms. The number of aromatic amines is 1. The molecule has 0 saturated carbocycles. The van der Waals surface area contributed by atoms with Crippen molar-refractivity contribution in [2.75, 3.05) is 0 Å². The third-order valence-electron chi connectivity index (χ3n) is 4.08.